The number of rotatable bonds is 3. The number of hydrogen-bond acceptors (Lipinski definition) is 2. The molecule has 1 rings (SSSR count). The van der Waals surface area contributed by atoms with E-state index in [0.717, 1.165) is 5.56 Å². The Bertz CT molecular complexity index is 300. The molecule has 0 radical (unpaired) electrons. The van der Waals surface area contributed by atoms with Gasteiger partial charge >= 0.3 is 0 Å². The summed E-state index contributed by atoms with van der Waals surface area (Å²) in [4.78, 5) is 0. The first-order valence-electron chi connectivity index (χ1n) is 4.90. The molecule has 4 heteroatoms. The zero-order valence-corrected chi connectivity index (χ0v) is 10.2. The predicted octanol–water partition coefficient (Wildman–Crippen LogP) is 2.23. The lowest BCUT2D eigenvalue weighted by atomic mass is 10.1. The van der Waals surface area contributed by atoms with Crippen molar-refractivity contribution >= 4 is 10.8 Å². The maximum Gasteiger partial charge on any atom is 0.123 e. The van der Waals surface area contributed by atoms with Crippen molar-refractivity contribution in [3.8, 4) is 0 Å². The Hall–Kier alpha value is -0.740. The van der Waals surface area contributed by atoms with E-state index in [9.17, 15) is 8.60 Å². The quantitative estimate of drug-likeness (QED) is 0.867. The van der Waals surface area contributed by atoms with Crippen LogP contribution in [0, 0.1) is 5.82 Å². The molecule has 2 nitrogen and oxygen atoms in total. The summed E-state index contributed by atoms with van der Waals surface area (Å²) in [6, 6.07) is 5.67. The van der Waals surface area contributed by atoms with Gasteiger partial charge in [0.05, 0.1) is 0 Å². The fraction of sp³-hybridized carbons (Fsp3) is 0.455. The maximum absolute atomic E-state index is 12.5. The number of halogens is 1. The molecule has 2 atom stereocenters. The van der Waals surface area contributed by atoms with Crippen LogP contribution in [0.15, 0.2) is 24.3 Å². The molecule has 1 aromatic rings. The second-order valence-corrected chi connectivity index (χ2v) is 4.38. The highest BCUT2D eigenvalue weighted by Gasteiger charge is 2.07. The topological polar surface area (TPSA) is 43.1 Å². The summed E-state index contributed by atoms with van der Waals surface area (Å²) in [6.45, 7) is 4.00. The van der Waals surface area contributed by atoms with Crippen molar-refractivity contribution in [2.75, 3.05) is 12.0 Å². The summed E-state index contributed by atoms with van der Waals surface area (Å²) in [6.07, 6.45) is 1.60. The fourth-order valence-corrected chi connectivity index (χ4v) is 1.76. The maximum atomic E-state index is 12.5. The van der Waals surface area contributed by atoms with Crippen LogP contribution in [-0.4, -0.2) is 16.2 Å². The molecule has 0 heterocycles. The second kappa shape index (κ2) is 7.54. The van der Waals surface area contributed by atoms with Gasteiger partial charge in [-0.15, -0.1) is 0 Å². The van der Waals surface area contributed by atoms with Gasteiger partial charge in [0.15, 0.2) is 0 Å². The third-order valence-electron chi connectivity index (χ3n) is 1.71. The summed E-state index contributed by atoms with van der Waals surface area (Å²) in [5.74, 6) is 0.125. The van der Waals surface area contributed by atoms with Gasteiger partial charge in [0, 0.05) is 28.9 Å². The average Bonchev–Trinajstić information content (AvgIpc) is 2.20. The highest BCUT2D eigenvalue weighted by Crippen LogP contribution is 2.11. The van der Waals surface area contributed by atoms with Crippen LogP contribution in [0.5, 0.6) is 0 Å². The Morgan fingerprint density at radius 2 is 1.80 bits per heavy atom. The van der Waals surface area contributed by atoms with Gasteiger partial charge in [-0.3, -0.25) is 4.21 Å². The van der Waals surface area contributed by atoms with Crippen molar-refractivity contribution in [3.05, 3.63) is 35.6 Å². The normalized spacial score (nSPS) is 13.7. The van der Waals surface area contributed by atoms with Crippen molar-refractivity contribution < 1.29 is 8.60 Å². The number of nitrogens with two attached hydrogens (primary N) is 1. The minimum absolute atomic E-state index is 0.272. The van der Waals surface area contributed by atoms with Crippen LogP contribution in [-0.2, 0) is 10.8 Å². The van der Waals surface area contributed by atoms with Gasteiger partial charge in [-0.25, -0.2) is 4.39 Å². The Labute approximate surface area is 93.1 Å². The summed E-state index contributed by atoms with van der Waals surface area (Å²) in [5, 5.41) is 0. The van der Waals surface area contributed by atoms with Crippen LogP contribution in [0.4, 0.5) is 4.39 Å². The lowest BCUT2D eigenvalue weighted by Gasteiger charge is -2.09. The van der Waals surface area contributed by atoms with Crippen molar-refractivity contribution in [3.63, 3.8) is 0 Å². The molecule has 0 fully saturated rings. The van der Waals surface area contributed by atoms with E-state index >= 15 is 0 Å². The molecule has 1 aromatic carbocycles. The van der Waals surface area contributed by atoms with E-state index in [2.05, 4.69) is 0 Å². The van der Waals surface area contributed by atoms with Crippen molar-refractivity contribution in [2.24, 2.45) is 5.73 Å². The van der Waals surface area contributed by atoms with Crippen molar-refractivity contribution in [1.29, 1.82) is 0 Å². The van der Waals surface area contributed by atoms with Gasteiger partial charge in [-0.1, -0.05) is 26.0 Å². The van der Waals surface area contributed by atoms with Gasteiger partial charge in [0.1, 0.15) is 5.82 Å². The van der Waals surface area contributed by atoms with Gasteiger partial charge in [-0.2, -0.15) is 0 Å². The Balaban J connectivity index is 0.000000921. The van der Waals surface area contributed by atoms with Gasteiger partial charge in [0.25, 0.3) is 0 Å². The molecule has 0 aliphatic carbocycles. The van der Waals surface area contributed by atoms with E-state index in [0.29, 0.717) is 5.75 Å². The molecule has 0 saturated carbocycles. The lowest BCUT2D eigenvalue weighted by Crippen LogP contribution is -2.17. The van der Waals surface area contributed by atoms with Crippen LogP contribution in [0.2, 0.25) is 0 Å². The molecular formula is C11H18FNOS. The van der Waals surface area contributed by atoms with Gasteiger partial charge < -0.3 is 5.73 Å². The molecule has 15 heavy (non-hydrogen) atoms. The van der Waals surface area contributed by atoms with Gasteiger partial charge in [-0.05, 0) is 17.7 Å². The molecule has 2 N–H and O–H groups in total. The monoisotopic (exact) mass is 231 g/mol. The van der Waals surface area contributed by atoms with E-state index in [-0.39, 0.29) is 11.9 Å². The summed E-state index contributed by atoms with van der Waals surface area (Å²) >= 11 is 0. The van der Waals surface area contributed by atoms with E-state index in [1.807, 2.05) is 13.8 Å². The zero-order chi connectivity index (χ0) is 11.8. The van der Waals surface area contributed by atoms with Crippen LogP contribution >= 0.6 is 0 Å². The second-order valence-electron chi connectivity index (χ2n) is 2.90. The van der Waals surface area contributed by atoms with E-state index in [4.69, 9.17) is 5.73 Å². The first-order chi connectivity index (χ1) is 7.09. The zero-order valence-electron chi connectivity index (χ0n) is 9.37. The molecule has 0 spiro atoms. The third kappa shape index (κ3) is 5.64. The van der Waals surface area contributed by atoms with Crippen LogP contribution in [0.3, 0.4) is 0 Å². The predicted molar refractivity (Wildman–Crippen MR) is 63.6 cm³/mol. The Morgan fingerprint density at radius 1 is 1.33 bits per heavy atom. The smallest absolute Gasteiger partial charge is 0.123 e. The summed E-state index contributed by atoms with van der Waals surface area (Å²) in [7, 11) is -0.920. The number of benzene rings is 1. The molecule has 2 unspecified atom stereocenters. The molecule has 0 amide bonds. The third-order valence-corrected chi connectivity index (χ3v) is 2.54. The van der Waals surface area contributed by atoms with Crippen LogP contribution < -0.4 is 5.73 Å². The Kier molecular flexibility index (Phi) is 7.17. The molecule has 0 aromatic heterocycles. The highest BCUT2D eigenvalue weighted by atomic mass is 32.2. The highest BCUT2D eigenvalue weighted by molar-refractivity contribution is 7.84. The standard InChI is InChI=1S/C9H12FNOS.C2H6/c1-13(12)6-9(11)7-2-4-8(10)5-3-7;1-2/h2-5,9H,6,11H2,1H3;1-2H3. The van der Waals surface area contributed by atoms with Crippen LogP contribution in [0.25, 0.3) is 0 Å². The average molecular weight is 231 g/mol. The summed E-state index contributed by atoms with van der Waals surface area (Å²) < 4.78 is 23.4. The van der Waals surface area contributed by atoms with E-state index in [1.165, 1.54) is 12.1 Å². The van der Waals surface area contributed by atoms with Crippen molar-refractivity contribution in [2.45, 2.75) is 19.9 Å². The molecular weight excluding hydrogens is 213 g/mol. The molecule has 0 bridgehead atoms. The van der Waals surface area contributed by atoms with Crippen molar-refractivity contribution in [1.82, 2.24) is 0 Å². The van der Waals surface area contributed by atoms with Gasteiger partial charge in [0.2, 0.25) is 0 Å². The van der Waals surface area contributed by atoms with Crippen LogP contribution in [0.1, 0.15) is 25.5 Å². The van der Waals surface area contributed by atoms with E-state index < -0.39 is 10.8 Å². The molecule has 0 saturated heterocycles. The summed E-state index contributed by atoms with van der Waals surface area (Å²) in [5.41, 5.74) is 6.55. The first kappa shape index (κ1) is 14.3. The minimum atomic E-state index is -0.920. The molecule has 0 aliphatic rings. The number of hydrogen-bond donors (Lipinski definition) is 1. The largest absolute Gasteiger partial charge is 0.323 e. The molecule has 0 aliphatic heterocycles. The van der Waals surface area contributed by atoms with E-state index in [1.54, 1.807) is 18.4 Å². The first-order valence-corrected chi connectivity index (χ1v) is 6.63. The molecule has 86 valence electrons. The minimum Gasteiger partial charge on any atom is -0.323 e. The fourth-order valence-electron chi connectivity index (χ4n) is 1.06. The lowest BCUT2D eigenvalue weighted by molar-refractivity contribution is 0.626. The Morgan fingerprint density at radius 3 is 2.20 bits per heavy atom. The SMILES string of the molecule is CC.CS(=O)CC(N)c1ccc(F)cc1.